The largest absolute Gasteiger partial charge is 0.504 e. The molecule has 0 saturated heterocycles. The summed E-state index contributed by atoms with van der Waals surface area (Å²) in [5.74, 6) is -0.185. The lowest BCUT2D eigenvalue weighted by Gasteiger charge is -2.25. The number of phenolic OH excluding ortho intramolecular Hbond substituents is 1. The molecule has 0 saturated carbocycles. The zero-order valence-electron chi connectivity index (χ0n) is 18.9. The lowest BCUT2D eigenvalue weighted by atomic mass is 9.96. The number of esters is 1. The summed E-state index contributed by atoms with van der Waals surface area (Å²) < 4.78 is 12.6. The molecule has 1 N–H and O–H groups in total. The third-order valence-electron chi connectivity index (χ3n) is 5.30. The van der Waals surface area contributed by atoms with E-state index in [0.717, 1.165) is 0 Å². The summed E-state index contributed by atoms with van der Waals surface area (Å²) in [5.41, 5.74) is 1.73. The van der Waals surface area contributed by atoms with Gasteiger partial charge in [-0.3, -0.25) is 9.36 Å². The number of aromatic nitrogens is 1. The van der Waals surface area contributed by atoms with E-state index in [-0.39, 0.29) is 23.5 Å². The molecule has 0 bridgehead atoms. The Hall–Kier alpha value is -3.36. The quantitative estimate of drug-likeness (QED) is 0.525. The van der Waals surface area contributed by atoms with Crippen molar-refractivity contribution in [1.29, 1.82) is 0 Å². The van der Waals surface area contributed by atoms with Gasteiger partial charge in [-0.15, -0.1) is 0 Å². The molecule has 1 aromatic heterocycles. The van der Waals surface area contributed by atoms with E-state index in [9.17, 15) is 14.7 Å². The highest BCUT2D eigenvalue weighted by Gasteiger charge is 2.34. The first-order valence-corrected chi connectivity index (χ1v) is 11.9. The van der Waals surface area contributed by atoms with Crippen LogP contribution in [-0.4, -0.2) is 28.9 Å². The Morgan fingerprint density at radius 3 is 2.71 bits per heavy atom. The number of nitrogens with zero attached hydrogens (tertiary/aromatic N) is 2. The number of thiazole rings is 1. The van der Waals surface area contributed by atoms with Gasteiger partial charge in [0.15, 0.2) is 16.3 Å². The van der Waals surface area contributed by atoms with Crippen LogP contribution in [0.2, 0.25) is 5.02 Å². The molecule has 1 atom stereocenters. The standard InChI is InChI=1S/C25H23ClN2O5S/c1-4-32-19-12-15(10-11-18(19)29)13-20-23(30)28-22(16-8-6-7-9-17(16)26)21(24(31)33-5-2)14(3)27-25(28)34-20/h6-13,22,29H,4-5H2,1-3H3/b20-13-/t22-/m0/s1. The van der Waals surface area contributed by atoms with Gasteiger partial charge in [-0.25, -0.2) is 9.79 Å². The minimum Gasteiger partial charge on any atom is -0.504 e. The molecule has 2 aromatic carbocycles. The lowest BCUT2D eigenvalue weighted by Crippen LogP contribution is -2.40. The van der Waals surface area contributed by atoms with Crippen LogP contribution < -0.4 is 19.6 Å². The number of fused-ring (bicyclic) bond motifs is 1. The molecule has 3 aromatic rings. The predicted octanol–water partition coefficient (Wildman–Crippen LogP) is 3.56. The fourth-order valence-electron chi connectivity index (χ4n) is 3.83. The number of carbonyl (C=O) groups excluding carboxylic acids is 1. The Morgan fingerprint density at radius 2 is 2.00 bits per heavy atom. The summed E-state index contributed by atoms with van der Waals surface area (Å²) >= 11 is 7.72. The molecule has 9 heteroatoms. The van der Waals surface area contributed by atoms with Crippen LogP contribution in [0.3, 0.4) is 0 Å². The fraction of sp³-hybridized carbons (Fsp3) is 0.240. The van der Waals surface area contributed by atoms with Gasteiger partial charge in [0, 0.05) is 5.02 Å². The molecule has 0 aliphatic carbocycles. The molecule has 7 nitrogen and oxygen atoms in total. The Balaban J connectivity index is 1.94. The Kier molecular flexibility index (Phi) is 6.90. The first kappa shape index (κ1) is 23.8. The van der Waals surface area contributed by atoms with Crippen LogP contribution in [0, 0.1) is 0 Å². The molecule has 4 rings (SSSR count). The minimum absolute atomic E-state index is 0.0221. The maximum Gasteiger partial charge on any atom is 0.338 e. The van der Waals surface area contributed by atoms with Crippen LogP contribution in [0.25, 0.3) is 6.08 Å². The molecule has 0 amide bonds. The van der Waals surface area contributed by atoms with E-state index in [4.69, 9.17) is 21.1 Å². The molecule has 0 unspecified atom stereocenters. The summed E-state index contributed by atoms with van der Waals surface area (Å²) in [4.78, 5) is 31.5. The molecule has 176 valence electrons. The molecule has 0 spiro atoms. The highest BCUT2D eigenvalue weighted by Crippen LogP contribution is 2.34. The van der Waals surface area contributed by atoms with Crippen LogP contribution >= 0.6 is 22.9 Å². The van der Waals surface area contributed by atoms with Crippen molar-refractivity contribution in [3.05, 3.63) is 89.6 Å². The van der Waals surface area contributed by atoms with Gasteiger partial charge in [0.25, 0.3) is 5.56 Å². The second kappa shape index (κ2) is 9.87. The summed E-state index contributed by atoms with van der Waals surface area (Å²) in [5, 5.41) is 10.4. The van der Waals surface area contributed by atoms with Crippen molar-refractivity contribution in [2.24, 2.45) is 4.99 Å². The van der Waals surface area contributed by atoms with Gasteiger partial charge < -0.3 is 14.6 Å². The van der Waals surface area contributed by atoms with Gasteiger partial charge in [-0.1, -0.05) is 47.2 Å². The highest BCUT2D eigenvalue weighted by atomic mass is 35.5. The van der Waals surface area contributed by atoms with Crippen LogP contribution in [0.4, 0.5) is 0 Å². The zero-order valence-corrected chi connectivity index (χ0v) is 20.4. The van der Waals surface area contributed by atoms with E-state index in [1.165, 1.54) is 22.0 Å². The summed E-state index contributed by atoms with van der Waals surface area (Å²) in [6, 6.07) is 11.2. The van der Waals surface area contributed by atoms with Gasteiger partial charge >= 0.3 is 5.97 Å². The van der Waals surface area contributed by atoms with E-state index in [1.54, 1.807) is 56.3 Å². The van der Waals surface area contributed by atoms with Crippen molar-refractivity contribution in [2.45, 2.75) is 26.8 Å². The average molecular weight is 499 g/mol. The first-order chi connectivity index (χ1) is 16.3. The van der Waals surface area contributed by atoms with Crippen molar-refractivity contribution in [1.82, 2.24) is 4.57 Å². The molecular formula is C25H23ClN2O5S. The number of allylic oxidation sites excluding steroid dienone is 1. The minimum atomic E-state index is -0.773. The predicted molar refractivity (Wildman–Crippen MR) is 131 cm³/mol. The third kappa shape index (κ3) is 4.38. The smallest absolute Gasteiger partial charge is 0.338 e. The zero-order chi connectivity index (χ0) is 24.4. The normalized spacial score (nSPS) is 15.6. The SMILES string of the molecule is CCOC(=O)C1=C(C)N=c2s/c(=C\c3ccc(O)c(OCC)c3)c(=O)n2[C@H]1c1ccccc1Cl. The number of ether oxygens (including phenoxy) is 2. The average Bonchev–Trinajstić information content (AvgIpc) is 3.10. The van der Waals surface area contributed by atoms with E-state index in [0.29, 0.717) is 43.5 Å². The third-order valence-corrected chi connectivity index (χ3v) is 6.63. The highest BCUT2D eigenvalue weighted by molar-refractivity contribution is 7.07. The van der Waals surface area contributed by atoms with Crippen molar-refractivity contribution in [2.75, 3.05) is 13.2 Å². The maximum atomic E-state index is 13.6. The first-order valence-electron chi connectivity index (χ1n) is 10.8. The van der Waals surface area contributed by atoms with E-state index >= 15 is 0 Å². The van der Waals surface area contributed by atoms with Crippen molar-refractivity contribution < 1.29 is 19.4 Å². The molecule has 1 aliphatic heterocycles. The number of carbonyl (C=O) groups is 1. The van der Waals surface area contributed by atoms with Gasteiger partial charge in [-0.2, -0.15) is 0 Å². The fourth-order valence-corrected chi connectivity index (χ4v) is 5.11. The molecule has 1 aliphatic rings. The van der Waals surface area contributed by atoms with Gasteiger partial charge in [0.05, 0.1) is 29.0 Å². The number of aromatic hydroxyl groups is 1. The van der Waals surface area contributed by atoms with E-state index < -0.39 is 12.0 Å². The molecule has 0 fully saturated rings. The number of hydrogen-bond acceptors (Lipinski definition) is 7. The molecular weight excluding hydrogens is 476 g/mol. The van der Waals surface area contributed by atoms with Gasteiger partial charge in [-0.05, 0) is 56.2 Å². The molecule has 34 heavy (non-hydrogen) atoms. The summed E-state index contributed by atoms with van der Waals surface area (Å²) in [6.07, 6.45) is 1.71. The molecule has 2 heterocycles. The summed E-state index contributed by atoms with van der Waals surface area (Å²) in [6.45, 7) is 5.86. The van der Waals surface area contributed by atoms with Crippen LogP contribution in [-0.2, 0) is 9.53 Å². The second-order valence-corrected chi connectivity index (χ2v) is 8.90. The van der Waals surface area contributed by atoms with Crippen LogP contribution in [0.5, 0.6) is 11.5 Å². The topological polar surface area (TPSA) is 90.1 Å². The number of rotatable bonds is 6. The Labute approximate surface area is 204 Å². The van der Waals surface area contributed by atoms with Crippen LogP contribution in [0.15, 0.2) is 63.5 Å². The van der Waals surface area contributed by atoms with E-state index in [2.05, 4.69) is 4.99 Å². The second-order valence-electron chi connectivity index (χ2n) is 7.48. The Bertz CT molecular complexity index is 1470. The number of phenols is 1. The monoisotopic (exact) mass is 498 g/mol. The molecule has 0 radical (unpaired) electrons. The van der Waals surface area contributed by atoms with Crippen molar-refractivity contribution in [3.8, 4) is 11.5 Å². The Morgan fingerprint density at radius 1 is 1.24 bits per heavy atom. The van der Waals surface area contributed by atoms with Crippen LogP contribution in [0.1, 0.15) is 37.9 Å². The number of hydrogen-bond donors (Lipinski definition) is 1. The van der Waals surface area contributed by atoms with Gasteiger partial charge in [0.1, 0.15) is 6.04 Å². The number of halogens is 1. The maximum absolute atomic E-state index is 13.6. The van der Waals surface area contributed by atoms with Gasteiger partial charge in [0.2, 0.25) is 0 Å². The van der Waals surface area contributed by atoms with E-state index in [1.807, 2.05) is 6.92 Å². The lowest BCUT2D eigenvalue weighted by molar-refractivity contribution is -0.139. The van der Waals surface area contributed by atoms with Crippen molar-refractivity contribution in [3.63, 3.8) is 0 Å². The summed E-state index contributed by atoms with van der Waals surface area (Å²) in [7, 11) is 0. The number of benzene rings is 2. The van der Waals surface area contributed by atoms with Crippen molar-refractivity contribution >= 4 is 35.0 Å².